The highest BCUT2D eigenvalue weighted by Gasteiger charge is 2.31. The predicted octanol–water partition coefficient (Wildman–Crippen LogP) is 4.04. The normalized spacial score (nSPS) is 17.8. The van der Waals surface area contributed by atoms with Gasteiger partial charge in [-0.15, -0.1) is 0 Å². The van der Waals surface area contributed by atoms with Gasteiger partial charge in [0.25, 0.3) is 5.91 Å². The molecule has 2 aromatic carbocycles. The number of nitrogens with one attached hydrogen (secondary N) is 1. The number of hydrogen-bond acceptors (Lipinski definition) is 5. The maximum atomic E-state index is 13.6. The number of amides is 1. The molecule has 0 aliphatic carbocycles. The van der Waals surface area contributed by atoms with Gasteiger partial charge in [-0.3, -0.25) is 4.79 Å². The quantitative estimate of drug-likeness (QED) is 0.491. The van der Waals surface area contributed by atoms with E-state index in [1.165, 1.54) is 5.56 Å². The number of rotatable bonds is 12. The van der Waals surface area contributed by atoms with Gasteiger partial charge in [-0.25, -0.2) is 0 Å². The fourth-order valence-corrected chi connectivity index (χ4v) is 4.41. The number of carbonyl (C=O) groups is 1. The van der Waals surface area contributed by atoms with Gasteiger partial charge in [0.05, 0.1) is 13.7 Å². The summed E-state index contributed by atoms with van der Waals surface area (Å²) in [6.07, 6.45) is 1.80. The first kappa shape index (κ1) is 25.1. The van der Waals surface area contributed by atoms with Crippen molar-refractivity contribution >= 4 is 5.91 Å². The fraction of sp³-hybridized carbons (Fsp3) is 0.519. The molecule has 2 aromatic rings. The minimum absolute atomic E-state index is 0.0276. The van der Waals surface area contributed by atoms with Crippen LogP contribution in [-0.2, 0) is 11.2 Å². The summed E-state index contributed by atoms with van der Waals surface area (Å²) in [6, 6.07) is 16.2. The molecule has 0 bridgehead atoms. The summed E-state index contributed by atoms with van der Waals surface area (Å²) in [5.74, 6) is 2.17. The van der Waals surface area contributed by atoms with Gasteiger partial charge in [-0.2, -0.15) is 0 Å². The second-order valence-electron chi connectivity index (χ2n) is 8.98. The fourth-order valence-electron chi connectivity index (χ4n) is 4.41. The highest BCUT2D eigenvalue weighted by Crippen LogP contribution is 2.30. The summed E-state index contributed by atoms with van der Waals surface area (Å²) >= 11 is 0. The van der Waals surface area contributed by atoms with Crippen molar-refractivity contribution < 1.29 is 19.0 Å². The zero-order valence-corrected chi connectivity index (χ0v) is 20.4. The Labute approximate surface area is 198 Å². The molecule has 33 heavy (non-hydrogen) atoms. The molecule has 0 aromatic heterocycles. The van der Waals surface area contributed by atoms with E-state index in [2.05, 4.69) is 49.5 Å². The molecule has 3 rings (SSSR count). The smallest absolute Gasteiger partial charge is 0.254 e. The number of ether oxygens (including phenoxy) is 3. The van der Waals surface area contributed by atoms with E-state index in [1.54, 1.807) is 20.3 Å². The van der Waals surface area contributed by atoms with Crippen molar-refractivity contribution in [3.8, 4) is 11.5 Å². The van der Waals surface area contributed by atoms with Gasteiger partial charge >= 0.3 is 0 Å². The Morgan fingerprint density at radius 2 is 1.79 bits per heavy atom. The Kier molecular flexibility index (Phi) is 9.58. The highest BCUT2D eigenvalue weighted by atomic mass is 16.5. The van der Waals surface area contributed by atoms with Crippen molar-refractivity contribution in [2.75, 3.05) is 47.1 Å². The molecule has 180 valence electrons. The summed E-state index contributed by atoms with van der Waals surface area (Å²) in [5.41, 5.74) is 1.97. The Balaban J connectivity index is 1.71. The average Bonchev–Trinajstić information content (AvgIpc) is 3.26. The van der Waals surface area contributed by atoms with Gasteiger partial charge in [0.1, 0.15) is 0 Å². The molecular formula is C27H38N2O4. The van der Waals surface area contributed by atoms with Crippen LogP contribution in [0.4, 0.5) is 0 Å². The van der Waals surface area contributed by atoms with E-state index in [1.807, 2.05) is 17.0 Å². The van der Waals surface area contributed by atoms with Crippen LogP contribution in [-0.4, -0.2) is 63.9 Å². The third-order valence-electron chi connectivity index (χ3n) is 6.30. The Morgan fingerprint density at radius 3 is 2.48 bits per heavy atom. The zero-order valence-electron chi connectivity index (χ0n) is 20.4. The molecule has 1 saturated heterocycles. The van der Waals surface area contributed by atoms with Gasteiger partial charge in [0.2, 0.25) is 0 Å². The predicted molar refractivity (Wildman–Crippen MR) is 131 cm³/mol. The van der Waals surface area contributed by atoms with E-state index in [-0.39, 0.29) is 11.9 Å². The highest BCUT2D eigenvalue weighted by molar-refractivity contribution is 5.95. The van der Waals surface area contributed by atoms with E-state index in [9.17, 15) is 4.79 Å². The van der Waals surface area contributed by atoms with Crippen molar-refractivity contribution in [3.05, 3.63) is 59.7 Å². The maximum Gasteiger partial charge on any atom is 0.254 e. The van der Waals surface area contributed by atoms with E-state index in [0.29, 0.717) is 42.1 Å². The van der Waals surface area contributed by atoms with Crippen molar-refractivity contribution in [3.63, 3.8) is 0 Å². The lowest BCUT2D eigenvalue weighted by molar-refractivity contribution is 0.0661. The van der Waals surface area contributed by atoms with Crippen LogP contribution in [0.1, 0.15) is 36.2 Å². The molecule has 0 spiro atoms. The second kappa shape index (κ2) is 12.6. The Bertz CT molecular complexity index is 872. The lowest BCUT2D eigenvalue weighted by Crippen LogP contribution is -2.42. The van der Waals surface area contributed by atoms with Crippen LogP contribution in [0.5, 0.6) is 11.5 Å². The number of nitrogens with zero attached hydrogens (tertiary/aromatic N) is 1. The third kappa shape index (κ3) is 6.95. The molecular weight excluding hydrogens is 416 g/mol. The minimum atomic E-state index is 0.0276. The molecule has 6 heteroatoms. The number of carbonyl (C=O) groups excluding carboxylic acids is 1. The lowest BCUT2D eigenvalue weighted by atomic mass is 9.89. The van der Waals surface area contributed by atoms with E-state index >= 15 is 0 Å². The molecule has 1 heterocycles. The Hall–Kier alpha value is -2.57. The van der Waals surface area contributed by atoms with Crippen LogP contribution in [0.15, 0.2) is 48.5 Å². The minimum Gasteiger partial charge on any atom is -0.493 e. The topological polar surface area (TPSA) is 60.0 Å². The average molecular weight is 455 g/mol. The zero-order chi connectivity index (χ0) is 23.6. The standard InChI is InChI=1S/C27H38N2O4/c1-20(2)29(19-24-18-28-17-23(24)15-21-9-6-5-7-10-21)27(30)22-11-12-25(32-4)26(16-22)33-14-8-13-31-3/h5-7,9-12,16,20,23-24,28H,8,13-15,17-19H2,1-4H3/t23-,24+/m0/s1. The molecule has 0 radical (unpaired) electrons. The van der Waals surface area contributed by atoms with Crippen LogP contribution in [0.3, 0.4) is 0 Å². The lowest BCUT2D eigenvalue weighted by Gasteiger charge is -2.32. The van der Waals surface area contributed by atoms with E-state index in [4.69, 9.17) is 14.2 Å². The maximum absolute atomic E-state index is 13.6. The van der Waals surface area contributed by atoms with Gasteiger partial charge in [0, 0.05) is 38.3 Å². The molecule has 6 nitrogen and oxygen atoms in total. The summed E-state index contributed by atoms with van der Waals surface area (Å²) in [5, 5.41) is 3.54. The largest absolute Gasteiger partial charge is 0.493 e. The summed E-state index contributed by atoms with van der Waals surface area (Å²) in [7, 11) is 3.28. The monoisotopic (exact) mass is 454 g/mol. The van der Waals surface area contributed by atoms with Crippen molar-refractivity contribution in [1.29, 1.82) is 0 Å². The number of hydrogen-bond donors (Lipinski definition) is 1. The van der Waals surface area contributed by atoms with Crippen molar-refractivity contribution in [1.82, 2.24) is 10.2 Å². The van der Waals surface area contributed by atoms with Crippen molar-refractivity contribution in [2.24, 2.45) is 11.8 Å². The summed E-state index contributed by atoms with van der Waals surface area (Å²) in [6.45, 7) is 7.95. The van der Waals surface area contributed by atoms with E-state index < -0.39 is 0 Å². The van der Waals surface area contributed by atoms with Gasteiger partial charge in [-0.1, -0.05) is 30.3 Å². The SMILES string of the molecule is COCCCOc1cc(C(=O)N(C[C@H]2CNC[C@@H]2Cc2ccccc2)C(C)C)ccc1OC. The molecule has 1 N–H and O–H groups in total. The van der Waals surface area contributed by atoms with Crippen LogP contribution in [0, 0.1) is 11.8 Å². The van der Waals surface area contributed by atoms with Crippen molar-refractivity contribution in [2.45, 2.75) is 32.7 Å². The van der Waals surface area contributed by atoms with E-state index in [0.717, 1.165) is 32.5 Å². The molecule has 1 aliphatic heterocycles. The van der Waals surface area contributed by atoms with Gasteiger partial charge < -0.3 is 24.4 Å². The van der Waals surface area contributed by atoms with Gasteiger partial charge in [0.15, 0.2) is 11.5 Å². The molecule has 0 saturated carbocycles. The Morgan fingerprint density at radius 1 is 1.03 bits per heavy atom. The number of benzene rings is 2. The molecule has 1 aliphatic rings. The second-order valence-corrected chi connectivity index (χ2v) is 8.98. The molecule has 1 fully saturated rings. The van der Waals surface area contributed by atoms with Crippen LogP contribution in [0.2, 0.25) is 0 Å². The first-order valence-electron chi connectivity index (χ1n) is 11.9. The molecule has 1 amide bonds. The molecule has 0 unspecified atom stereocenters. The van der Waals surface area contributed by atoms with Crippen LogP contribution in [0.25, 0.3) is 0 Å². The van der Waals surface area contributed by atoms with Crippen LogP contribution >= 0.6 is 0 Å². The van der Waals surface area contributed by atoms with Gasteiger partial charge in [-0.05, 0) is 69.0 Å². The molecule has 2 atom stereocenters. The number of methoxy groups -OCH3 is 2. The first-order valence-corrected chi connectivity index (χ1v) is 11.9. The van der Waals surface area contributed by atoms with Crippen LogP contribution < -0.4 is 14.8 Å². The first-order chi connectivity index (χ1) is 16.0. The third-order valence-corrected chi connectivity index (χ3v) is 6.30. The summed E-state index contributed by atoms with van der Waals surface area (Å²) < 4.78 is 16.4. The summed E-state index contributed by atoms with van der Waals surface area (Å²) in [4.78, 5) is 15.5.